The van der Waals surface area contributed by atoms with Crippen LogP contribution >= 0.6 is 11.3 Å². The molecule has 3 aromatic rings. The lowest BCUT2D eigenvalue weighted by molar-refractivity contribution is -0.129. The molecule has 2 aliphatic carbocycles. The number of imide groups is 1. The van der Waals surface area contributed by atoms with E-state index in [1.807, 2.05) is 11.7 Å². The van der Waals surface area contributed by atoms with Crippen LogP contribution < -0.4 is 31.9 Å². The average molecular weight is 808 g/mol. The number of anilines is 1. The molecule has 19 heteroatoms. The van der Waals surface area contributed by atoms with Crippen LogP contribution in [0.5, 0.6) is 0 Å². The quantitative estimate of drug-likeness (QED) is 0.0715. The van der Waals surface area contributed by atoms with Gasteiger partial charge in [-0.3, -0.25) is 33.6 Å². The van der Waals surface area contributed by atoms with Crippen LogP contribution in [-0.2, 0) is 34.4 Å². The van der Waals surface area contributed by atoms with Crippen LogP contribution in [0.15, 0.2) is 18.5 Å². The Labute approximate surface area is 333 Å². The van der Waals surface area contributed by atoms with Crippen LogP contribution in [0.2, 0.25) is 0 Å². The number of aryl methyl sites for hydroxylation is 1. The molecule has 306 valence electrons. The van der Waals surface area contributed by atoms with Crippen LogP contribution in [-0.4, -0.2) is 110 Å². The van der Waals surface area contributed by atoms with Gasteiger partial charge >= 0.3 is 0 Å². The smallest absolute Gasteiger partial charge is 0.272 e. The fraction of sp³-hybridized carbons (Fsp3) is 0.579. The first-order valence-corrected chi connectivity index (χ1v) is 20.6. The number of carbonyl (C=O) groups excluding carboxylic acids is 5. The first-order chi connectivity index (χ1) is 27.5. The summed E-state index contributed by atoms with van der Waals surface area (Å²) in [7, 11) is 1.88. The van der Waals surface area contributed by atoms with Crippen molar-refractivity contribution >= 4 is 46.8 Å². The Hall–Kier alpha value is -4.85. The summed E-state index contributed by atoms with van der Waals surface area (Å²) in [6, 6.07) is 1.14. The van der Waals surface area contributed by atoms with Gasteiger partial charge in [0.1, 0.15) is 16.8 Å². The number of hydrogen-bond donors (Lipinski definition) is 7. The second kappa shape index (κ2) is 18.2. The third kappa shape index (κ3) is 10.0. The molecule has 5 amide bonds. The number of halogens is 1. The number of nitrogens with zero attached hydrogens (tertiary/aromatic N) is 5. The SMILES string of the molecule is Cn1ncc(-c2nc(NC3CCC(NCC(=O)NCCCCNCC(=O)NCc4cc5c(s4)C(=O)N(C4CCC(=O)NC4O)C5=O)CC3)ncc2F)c1CC1CC1. The van der Waals surface area contributed by atoms with E-state index in [0.717, 1.165) is 72.4 Å². The maximum atomic E-state index is 14.8. The summed E-state index contributed by atoms with van der Waals surface area (Å²) in [6.45, 7) is 1.61. The Morgan fingerprint density at radius 2 is 1.70 bits per heavy atom. The number of carbonyl (C=O) groups is 5. The van der Waals surface area contributed by atoms with Crippen molar-refractivity contribution in [3.63, 3.8) is 0 Å². The maximum Gasteiger partial charge on any atom is 0.272 e. The number of piperidine rings is 1. The Bertz CT molecular complexity index is 1940. The average Bonchev–Trinajstić information content (AvgIpc) is 3.73. The van der Waals surface area contributed by atoms with Gasteiger partial charge in [-0.15, -0.1) is 11.3 Å². The van der Waals surface area contributed by atoms with E-state index in [-0.39, 0.29) is 78.4 Å². The first-order valence-electron chi connectivity index (χ1n) is 19.8. The predicted octanol–water partition coefficient (Wildman–Crippen LogP) is 1.34. The maximum absolute atomic E-state index is 14.8. The topological polar surface area (TPSA) is 225 Å². The minimum absolute atomic E-state index is 0.0676. The van der Waals surface area contributed by atoms with E-state index < -0.39 is 29.9 Å². The van der Waals surface area contributed by atoms with Crippen LogP contribution in [0.3, 0.4) is 0 Å². The highest BCUT2D eigenvalue weighted by Gasteiger charge is 2.45. The third-order valence-electron chi connectivity index (χ3n) is 11.0. The van der Waals surface area contributed by atoms with Gasteiger partial charge in [0.15, 0.2) is 5.82 Å². The summed E-state index contributed by atoms with van der Waals surface area (Å²) in [4.78, 5) is 72.9. The molecule has 2 aliphatic heterocycles. The number of thiophene rings is 1. The molecule has 5 heterocycles. The zero-order chi connectivity index (χ0) is 40.1. The zero-order valence-corrected chi connectivity index (χ0v) is 32.8. The lowest BCUT2D eigenvalue weighted by Crippen LogP contribution is -2.57. The summed E-state index contributed by atoms with van der Waals surface area (Å²) in [5.74, 6) is -1.07. The number of unbranched alkanes of at least 4 members (excludes halogenated alkanes) is 1. The molecule has 0 bridgehead atoms. The number of aliphatic hydroxyl groups is 1. The standard InChI is InChI=1S/C38H50FN11O6S/c1-49-29(14-21-4-5-21)26(17-45-49)33-27(39)18-44-38(48-33)46-23-8-6-22(7-9-23)42-20-32(53)41-13-3-2-12-40-19-31(52)43-16-24-15-25-34(57-24)37(56)50(36(25)55)28-10-11-30(51)47-35(28)54/h15,17-18,21-23,28,35,40,42,54H,2-14,16,19-20H2,1H3,(H,41,53)(H,43,52)(H,47,51)(H,44,46,48). The highest BCUT2D eigenvalue weighted by Crippen LogP contribution is 2.36. The molecule has 7 rings (SSSR count). The molecule has 0 radical (unpaired) electrons. The number of aliphatic hydroxyl groups excluding tert-OH is 1. The van der Waals surface area contributed by atoms with Gasteiger partial charge in [-0.05, 0) is 82.7 Å². The molecule has 1 saturated heterocycles. The largest absolute Gasteiger partial charge is 0.372 e. The van der Waals surface area contributed by atoms with Crippen molar-refractivity contribution in [1.82, 2.24) is 51.2 Å². The first kappa shape index (κ1) is 40.4. The van der Waals surface area contributed by atoms with E-state index in [1.165, 1.54) is 19.0 Å². The number of nitrogens with one attached hydrogen (secondary N) is 6. The molecule has 4 aliphatic rings. The molecule has 3 aromatic heterocycles. The lowest BCUT2D eigenvalue weighted by Gasteiger charge is -2.33. The minimum Gasteiger partial charge on any atom is -0.372 e. The fourth-order valence-corrected chi connectivity index (χ4v) is 8.65. The molecule has 17 nitrogen and oxygen atoms in total. The van der Waals surface area contributed by atoms with Crippen molar-refractivity contribution in [3.05, 3.63) is 45.3 Å². The van der Waals surface area contributed by atoms with Crippen molar-refractivity contribution in [2.75, 3.05) is 31.5 Å². The molecule has 3 fully saturated rings. The molecule has 0 spiro atoms. The van der Waals surface area contributed by atoms with E-state index >= 15 is 0 Å². The minimum atomic E-state index is -1.31. The Kier molecular flexibility index (Phi) is 12.9. The number of aromatic nitrogens is 4. The monoisotopic (exact) mass is 807 g/mol. The second-order valence-electron chi connectivity index (χ2n) is 15.3. The van der Waals surface area contributed by atoms with E-state index in [1.54, 1.807) is 12.3 Å². The van der Waals surface area contributed by atoms with Crippen molar-refractivity contribution < 1.29 is 33.5 Å². The molecular formula is C38H50FN11O6S. The summed E-state index contributed by atoms with van der Waals surface area (Å²) < 4.78 is 16.6. The van der Waals surface area contributed by atoms with Gasteiger partial charge in [0.05, 0.1) is 43.6 Å². The normalized spacial score (nSPS) is 22.0. The number of fused-ring (bicyclic) bond motifs is 1. The van der Waals surface area contributed by atoms with E-state index in [9.17, 15) is 33.5 Å². The van der Waals surface area contributed by atoms with E-state index in [0.29, 0.717) is 29.8 Å². The van der Waals surface area contributed by atoms with Gasteiger partial charge in [-0.2, -0.15) is 5.10 Å². The summed E-state index contributed by atoms with van der Waals surface area (Å²) in [5, 5.41) is 32.5. The molecule has 0 aromatic carbocycles. The summed E-state index contributed by atoms with van der Waals surface area (Å²) >= 11 is 1.13. The zero-order valence-electron chi connectivity index (χ0n) is 31.9. The highest BCUT2D eigenvalue weighted by molar-refractivity contribution is 7.14. The van der Waals surface area contributed by atoms with Crippen LogP contribution in [0.1, 0.15) is 94.8 Å². The van der Waals surface area contributed by atoms with Crippen molar-refractivity contribution in [2.24, 2.45) is 13.0 Å². The van der Waals surface area contributed by atoms with E-state index in [2.05, 4.69) is 47.0 Å². The molecule has 2 unspecified atom stereocenters. The fourth-order valence-electron chi connectivity index (χ4n) is 7.62. The van der Waals surface area contributed by atoms with Crippen LogP contribution in [0.4, 0.5) is 10.3 Å². The van der Waals surface area contributed by atoms with Crippen LogP contribution in [0.25, 0.3) is 11.3 Å². The molecular weight excluding hydrogens is 758 g/mol. The van der Waals surface area contributed by atoms with Crippen LogP contribution in [0, 0.1) is 11.7 Å². The second-order valence-corrected chi connectivity index (χ2v) is 16.4. The predicted molar refractivity (Wildman–Crippen MR) is 207 cm³/mol. The molecule has 57 heavy (non-hydrogen) atoms. The number of rotatable bonds is 18. The molecule has 2 atom stereocenters. The molecule has 2 saturated carbocycles. The van der Waals surface area contributed by atoms with Gasteiger partial charge in [-0.1, -0.05) is 0 Å². The molecule has 7 N–H and O–H groups in total. The summed E-state index contributed by atoms with van der Waals surface area (Å²) in [5.41, 5.74) is 2.23. The van der Waals surface area contributed by atoms with Gasteiger partial charge in [-0.25, -0.2) is 14.4 Å². The third-order valence-corrected chi connectivity index (χ3v) is 12.1. The van der Waals surface area contributed by atoms with E-state index in [4.69, 9.17) is 0 Å². The Balaban J connectivity index is 0.721. The number of amides is 5. The number of hydrogen-bond acceptors (Lipinski definition) is 13. The Morgan fingerprint density at radius 3 is 2.46 bits per heavy atom. The lowest BCUT2D eigenvalue weighted by atomic mass is 9.91. The van der Waals surface area contributed by atoms with Gasteiger partial charge in [0, 0.05) is 48.2 Å². The highest BCUT2D eigenvalue weighted by atomic mass is 32.1. The van der Waals surface area contributed by atoms with Crippen molar-refractivity contribution in [2.45, 2.75) is 102 Å². The van der Waals surface area contributed by atoms with Crippen molar-refractivity contribution in [1.29, 1.82) is 0 Å². The van der Waals surface area contributed by atoms with Gasteiger partial charge in [0.2, 0.25) is 23.7 Å². The van der Waals surface area contributed by atoms with Crippen molar-refractivity contribution in [3.8, 4) is 11.3 Å². The Morgan fingerprint density at radius 1 is 0.947 bits per heavy atom. The van der Waals surface area contributed by atoms with Gasteiger partial charge < -0.3 is 37.0 Å². The summed E-state index contributed by atoms with van der Waals surface area (Å²) in [6.07, 6.45) is 10.2. The van der Waals surface area contributed by atoms with Gasteiger partial charge in [0.25, 0.3) is 11.8 Å².